The van der Waals surface area contributed by atoms with Gasteiger partial charge in [0.1, 0.15) is 0 Å². The number of benzene rings is 1. The van der Waals surface area contributed by atoms with Crippen molar-refractivity contribution in [2.24, 2.45) is 0 Å². The molecule has 1 atom stereocenters. The van der Waals surface area contributed by atoms with E-state index in [1.165, 1.54) is 5.56 Å². The maximum absolute atomic E-state index is 9.74. The number of hydrogen-bond donors (Lipinski definition) is 1. The molecule has 0 aliphatic carbocycles. The molecule has 1 N–H and O–H groups in total. The number of hydrogen-bond acceptors (Lipinski definition) is 1. The summed E-state index contributed by atoms with van der Waals surface area (Å²) in [5.74, 6) is 0. The summed E-state index contributed by atoms with van der Waals surface area (Å²) in [5.41, 5.74) is 2.42. The van der Waals surface area contributed by atoms with Crippen LogP contribution in [0.2, 0.25) is 0 Å². The molecular weight excluding hydrogens is 184 g/mol. The van der Waals surface area contributed by atoms with E-state index in [1.54, 1.807) is 6.08 Å². The SMILES string of the molecule is C=CC[C@H](O)c1ccc(C(C)(C)C)cc1. The van der Waals surface area contributed by atoms with Crippen molar-refractivity contribution in [2.75, 3.05) is 0 Å². The Morgan fingerprint density at radius 3 is 2.20 bits per heavy atom. The molecule has 0 aliphatic heterocycles. The molecular formula is C14H20O. The maximum atomic E-state index is 9.74. The van der Waals surface area contributed by atoms with Crippen LogP contribution in [0.3, 0.4) is 0 Å². The molecule has 1 aromatic carbocycles. The fraction of sp³-hybridized carbons (Fsp3) is 0.429. The number of aliphatic hydroxyl groups excluding tert-OH is 1. The smallest absolute Gasteiger partial charge is 0.0824 e. The predicted octanol–water partition coefficient (Wildman–Crippen LogP) is 3.59. The van der Waals surface area contributed by atoms with Gasteiger partial charge in [-0.05, 0) is 23.0 Å². The molecule has 0 bridgehead atoms. The van der Waals surface area contributed by atoms with Crippen molar-refractivity contribution in [2.45, 2.75) is 38.7 Å². The van der Waals surface area contributed by atoms with Gasteiger partial charge in [0.2, 0.25) is 0 Å². The molecule has 0 fully saturated rings. The lowest BCUT2D eigenvalue weighted by atomic mass is 9.86. The maximum Gasteiger partial charge on any atom is 0.0824 e. The van der Waals surface area contributed by atoms with Gasteiger partial charge in [0.15, 0.2) is 0 Å². The zero-order chi connectivity index (χ0) is 11.5. The van der Waals surface area contributed by atoms with Crippen molar-refractivity contribution in [1.82, 2.24) is 0 Å². The molecule has 0 aromatic heterocycles. The van der Waals surface area contributed by atoms with E-state index in [-0.39, 0.29) is 5.41 Å². The first-order valence-corrected chi connectivity index (χ1v) is 5.34. The zero-order valence-electron chi connectivity index (χ0n) is 9.83. The van der Waals surface area contributed by atoms with E-state index in [2.05, 4.69) is 39.5 Å². The first-order chi connectivity index (χ1) is 6.95. The summed E-state index contributed by atoms with van der Waals surface area (Å²) in [6.07, 6.45) is 1.92. The Labute approximate surface area is 92.5 Å². The van der Waals surface area contributed by atoms with E-state index in [0.717, 1.165) is 5.56 Å². The molecule has 1 heteroatoms. The van der Waals surface area contributed by atoms with Crippen LogP contribution in [0.15, 0.2) is 36.9 Å². The molecule has 0 unspecified atom stereocenters. The molecule has 0 aliphatic rings. The van der Waals surface area contributed by atoms with Crippen LogP contribution >= 0.6 is 0 Å². The molecule has 82 valence electrons. The summed E-state index contributed by atoms with van der Waals surface area (Å²) in [7, 11) is 0. The molecule has 0 heterocycles. The first kappa shape index (κ1) is 12.0. The molecule has 0 saturated heterocycles. The highest BCUT2D eigenvalue weighted by molar-refractivity contribution is 5.28. The second-order valence-electron chi connectivity index (χ2n) is 4.91. The van der Waals surface area contributed by atoms with Crippen LogP contribution in [0.1, 0.15) is 44.4 Å². The summed E-state index contributed by atoms with van der Waals surface area (Å²) < 4.78 is 0. The largest absolute Gasteiger partial charge is 0.388 e. The standard InChI is InChI=1S/C14H20O/c1-5-6-13(15)11-7-9-12(10-8-11)14(2,3)4/h5,7-10,13,15H,1,6H2,2-4H3/t13-/m0/s1. The van der Waals surface area contributed by atoms with Crippen LogP contribution in [0.4, 0.5) is 0 Å². The Kier molecular flexibility index (Phi) is 3.70. The Bertz CT molecular complexity index is 316. The lowest BCUT2D eigenvalue weighted by Gasteiger charge is -2.19. The second kappa shape index (κ2) is 4.63. The number of rotatable bonds is 3. The summed E-state index contributed by atoms with van der Waals surface area (Å²) >= 11 is 0. The fourth-order valence-electron chi connectivity index (χ4n) is 1.50. The summed E-state index contributed by atoms with van der Waals surface area (Å²) in [5, 5.41) is 9.74. The Hall–Kier alpha value is -1.08. The van der Waals surface area contributed by atoms with Crippen molar-refractivity contribution in [3.8, 4) is 0 Å². The fourth-order valence-corrected chi connectivity index (χ4v) is 1.50. The average Bonchev–Trinajstić information content (AvgIpc) is 2.17. The average molecular weight is 204 g/mol. The van der Waals surface area contributed by atoms with Crippen molar-refractivity contribution in [3.05, 3.63) is 48.0 Å². The van der Waals surface area contributed by atoms with Crippen LogP contribution in [0.25, 0.3) is 0 Å². The first-order valence-electron chi connectivity index (χ1n) is 5.34. The molecule has 0 radical (unpaired) electrons. The van der Waals surface area contributed by atoms with Crippen molar-refractivity contribution < 1.29 is 5.11 Å². The highest BCUT2D eigenvalue weighted by Gasteiger charge is 2.13. The van der Waals surface area contributed by atoms with E-state index in [1.807, 2.05) is 12.1 Å². The van der Waals surface area contributed by atoms with Gasteiger partial charge < -0.3 is 5.11 Å². The van der Waals surface area contributed by atoms with Crippen LogP contribution in [-0.2, 0) is 5.41 Å². The normalized spacial score (nSPS) is 13.6. The van der Waals surface area contributed by atoms with Crippen LogP contribution < -0.4 is 0 Å². The molecule has 0 saturated carbocycles. The minimum Gasteiger partial charge on any atom is -0.388 e. The third-order valence-corrected chi connectivity index (χ3v) is 2.55. The summed E-state index contributed by atoms with van der Waals surface area (Å²) in [4.78, 5) is 0. The summed E-state index contributed by atoms with van der Waals surface area (Å²) in [6, 6.07) is 8.16. The quantitative estimate of drug-likeness (QED) is 0.746. The minimum absolute atomic E-state index is 0.169. The van der Waals surface area contributed by atoms with Crippen LogP contribution in [0, 0.1) is 0 Å². The Morgan fingerprint density at radius 2 is 1.80 bits per heavy atom. The topological polar surface area (TPSA) is 20.2 Å². The van der Waals surface area contributed by atoms with Gasteiger partial charge in [0, 0.05) is 0 Å². The van der Waals surface area contributed by atoms with E-state index in [4.69, 9.17) is 0 Å². The zero-order valence-corrected chi connectivity index (χ0v) is 9.83. The lowest BCUT2D eigenvalue weighted by Crippen LogP contribution is -2.11. The van der Waals surface area contributed by atoms with Gasteiger partial charge in [-0.2, -0.15) is 0 Å². The monoisotopic (exact) mass is 204 g/mol. The van der Waals surface area contributed by atoms with Gasteiger partial charge in [-0.15, -0.1) is 6.58 Å². The molecule has 1 rings (SSSR count). The van der Waals surface area contributed by atoms with Crippen LogP contribution in [0.5, 0.6) is 0 Å². The van der Waals surface area contributed by atoms with Crippen molar-refractivity contribution in [3.63, 3.8) is 0 Å². The molecule has 15 heavy (non-hydrogen) atoms. The second-order valence-corrected chi connectivity index (χ2v) is 4.91. The van der Waals surface area contributed by atoms with Crippen molar-refractivity contribution >= 4 is 0 Å². The van der Waals surface area contributed by atoms with Gasteiger partial charge in [0.05, 0.1) is 6.10 Å². The third-order valence-electron chi connectivity index (χ3n) is 2.55. The van der Waals surface area contributed by atoms with Crippen molar-refractivity contribution in [1.29, 1.82) is 0 Å². The minimum atomic E-state index is -0.420. The predicted molar refractivity (Wildman–Crippen MR) is 64.9 cm³/mol. The van der Waals surface area contributed by atoms with E-state index in [0.29, 0.717) is 6.42 Å². The highest BCUT2D eigenvalue weighted by atomic mass is 16.3. The highest BCUT2D eigenvalue weighted by Crippen LogP contribution is 2.24. The summed E-state index contributed by atoms with van der Waals surface area (Å²) in [6.45, 7) is 10.2. The van der Waals surface area contributed by atoms with Gasteiger partial charge in [0.25, 0.3) is 0 Å². The van der Waals surface area contributed by atoms with Gasteiger partial charge in [-0.3, -0.25) is 0 Å². The molecule has 0 amide bonds. The van der Waals surface area contributed by atoms with Crippen LogP contribution in [-0.4, -0.2) is 5.11 Å². The van der Waals surface area contributed by atoms with E-state index >= 15 is 0 Å². The Morgan fingerprint density at radius 1 is 1.27 bits per heavy atom. The third kappa shape index (κ3) is 3.21. The molecule has 1 nitrogen and oxygen atoms in total. The van der Waals surface area contributed by atoms with E-state index in [9.17, 15) is 5.11 Å². The van der Waals surface area contributed by atoms with E-state index < -0.39 is 6.10 Å². The molecule has 0 spiro atoms. The van der Waals surface area contributed by atoms with Gasteiger partial charge in [-0.1, -0.05) is 51.1 Å². The lowest BCUT2D eigenvalue weighted by molar-refractivity contribution is 0.181. The van der Waals surface area contributed by atoms with Gasteiger partial charge in [-0.25, -0.2) is 0 Å². The number of aliphatic hydroxyl groups is 1. The van der Waals surface area contributed by atoms with Gasteiger partial charge >= 0.3 is 0 Å². The Balaban J connectivity index is 2.85. The molecule has 1 aromatic rings.